The quantitative estimate of drug-likeness (QED) is 0.389. The normalized spacial score (nSPS) is 11.6. The molecule has 0 amide bonds. The molecule has 3 aromatic rings. The lowest BCUT2D eigenvalue weighted by atomic mass is 10.1. The molecule has 0 aliphatic heterocycles. The first-order valence-electron chi connectivity index (χ1n) is 8.54. The Balaban J connectivity index is 1.58. The van der Waals surface area contributed by atoms with Crippen LogP contribution in [0, 0.1) is 13.8 Å². The van der Waals surface area contributed by atoms with E-state index in [4.69, 9.17) is 4.74 Å². The highest BCUT2D eigenvalue weighted by molar-refractivity contribution is 7.20. The van der Waals surface area contributed by atoms with Crippen molar-refractivity contribution in [2.75, 3.05) is 6.61 Å². The summed E-state index contributed by atoms with van der Waals surface area (Å²) in [6.45, 7) is 1.23. The molecule has 0 spiro atoms. The molecular formula is C19H17F3N2O3S2. The van der Waals surface area contributed by atoms with E-state index in [2.05, 4.69) is 4.98 Å². The number of carbonyl (C=O) groups is 2. The van der Waals surface area contributed by atoms with Gasteiger partial charge < -0.3 is 9.30 Å². The highest BCUT2D eigenvalue weighted by Gasteiger charge is 2.30. The lowest BCUT2D eigenvalue weighted by molar-refractivity contribution is -0.142. The molecular weight excluding hydrogens is 425 g/mol. The van der Waals surface area contributed by atoms with Crippen molar-refractivity contribution in [1.82, 2.24) is 9.55 Å². The van der Waals surface area contributed by atoms with Crippen LogP contribution in [0.2, 0.25) is 0 Å². The van der Waals surface area contributed by atoms with Gasteiger partial charge in [-0.1, -0.05) is 6.07 Å². The van der Waals surface area contributed by atoms with Gasteiger partial charge >= 0.3 is 12.1 Å². The fraction of sp³-hybridized carbons (Fsp3) is 0.316. The summed E-state index contributed by atoms with van der Waals surface area (Å²) in [7, 11) is 0. The number of hydrogen-bond acceptors (Lipinski definition) is 6. The zero-order valence-corrected chi connectivity index (χ0v) is 17.2. The SMILES string of the molecule is Cc1cc(C(=O)COC(=O)Cc2csc(-c3cccs3)n2)c(C)n1CC(F)(F)F. The zero-order valence-electron chi connectivity index (χ0n) is 15.6. The average molecular weight is 442 g/mol. The van der Waals surface area contributed by atoms with Gasteiger partial charge in [-0.15, -0.1) is 22.7 Å². The lowest BCUT2D eigenvalue weighted by Gasteiger charge is -2.12. The Morgan fingerprint density at radius 1 is 1.24 bits per heavy atom. The molecule has 0 fully saturated rings. The molecule has 0 unspecified atom stereocenters. The minimum Gasteiger partial charge on any atom is -0.457 e. The summed E-state index contributed by atoms with van der Waals surface area (Å²) in [5.41, 5.74) is 1.17. The summed E-state index contributed by atoms with van der Waals surface area (Å²) >= 11 is 2.95. The van der Waals surface area contributed by atoms with Gasteiger partial charge in [-0.3, -0.25) is 9.59 Å². The number of nitrogens with zero attached hydrogens (tertiary/aromatic N) is 2. The van der Waals surface area contributed by atoms with Crippen LogP contribution in [0.15, 0.2) is 29.0 Å². The first-order valence-corrected chi connectivity index (χ1v) is 10.3. The van der Waals surface area contributed by atoms with Crippen molar-refractivity contribution in [1.29, 1.82) is 0 Å². The lowest BCUT2D eigenvalue weighted by Crippen LogP contribution is -2.20. The van der Waals surface area contributed by atoms with Crippen molar-refractivity contribution < 1.29 is 27.5 Å². The van der Waals surface area contributed by atoms with Crippen LogP contribution < -0.4 is 0 Å². The standard InChI is InChI=1S/C19H17F3N2O3S2/c1-11-6-14(12(2)24(11)10-19(20,21)22)15(25)8-27-17(26)7-13-9-29-18(23-13)16-4-3-5-28-16/h3-6,9H,7-8,10H2,1-2H3. The Hall–Kier alpha value is -2.46. The number of rotatable bonds is 7. The fourth-order valence-electron chi connectivity index (χ4n) is 2.83. The van der Waals surface area contributed by atoms with Crippen LogP contribution in [-0.2, 0) is 22.5 Å². The Morgan fingerprint density at radius 3 is 2.66 bits per heavy atom. The van der Waals surface area contributed by atoms with Crippen molar-refractivity contribution in [3.05, 3.63) is 51.6 Å². The maximum Gasteiger partial charge on any atom is 0.406 e. The van der Waals surface area contributed by atoms with Crippen LogP contribution >= 0.6 is 22.7 Å². The van der Waals surface area contributed by atoms with Gasteiger partial charge in [0.15, 0.2) is 6.61 Å². The van der Waals surface area contributed by atoms with E-state index in [9.17, 15) is 22.8 Å². The van der Waals surface area contributed by atoms with Crippen LogP contribution in [0.5, 0.6) is 0 Å². The number of thiazole rings is 1. The second-order valence-corrected chi connectivity index (χ2v) is 8.17. The predicted octanol–water partition coefficient (Wildman–Crippen LogP) is 4.82. The predicted molar refractivity (Wildman–Crippen MR) is 104 cm³/mol. The Bertz CT molecular complexity index is 1020. The molecule has 154 valence electrons. The summed E-state index contributed by atoms with van der Waals surface area (Å²) in [5.74, 6) is -1.16. The molecule has 0 saturated carbocycles. The van der Waals surface area contributed by atoms with Crippen LogP contribution in [-0.4, -0.2) is 34.1 Å². The number of hydrogen-bond donors (Lipinski definition) is 0. The molecule has 0 radical (unpaired) electrons. The second kappa shape index (κ2) is 8.50. The number of ether oxygens (including phenoxy) is 1. The summed E-state index contributed by atoms with van der Waals surface area (Å²) in [6, 6.07) is 5.22. The van der Waals surface area contributed by atoms with Crippen molar-refractivity contribution in [3.63, 3.8) is 0 Å². The van der Waals surface area contributed by atoms with Crippen molar-refractivity contribution in [2.45, 2.75) is 33.0 Å². The molecule has 0 atom stereocenters. The number of esters is 1. The molecule has 0 saturated heterocycles. The smallest absolute Gasteiger partial charge is 0.406 e. The summed E-state index contributed by atoms with van der Waals surface area (Å²) in [4.78, 5) is 29.7. The first-order chi connectivity index (χ1) is 13.6. The topological polar surface area (TPSA) is 61.2 Å². The van der Waals surface area contributed by atoms with Crippen LogP contribution in [0.3, 0.4) is 0 Å². The third kappa shape index (κ3) is 5.33. The second-order valence-electron chi connectivity index (χ2n) is 6.37. The molecule has 3 heterocycles. The number of halogens is 3. The highest BCUT2D eigenvalue weighted by Crippen LogP contribution is 2.28. The van der Waals surface area contributed by atoms with E-state index in [1.54, 1.807) is 16.7 Å². The van der Waals surface area contributed by atoms with E-state index in [1.165, 1.54) is 31.3 Å². The van der Waals surface area contributed by atoms with E-state index in [-0.39, 0.29) is 17.7 Å². The monoisotopic (exact) mass is 442 g/mol. The van der Waals surface area contributed by atoms with E-state index in [0.29, 0.717) is 11.4 Å². The van der Waals surface area contributed by atoms with Gasteiger partial charge in [-0.25, -0.2) is 4.98 Å². The van der Waals surface area contributed by atoms with E-state index < -0.39 is 31.1 Å². The number of aryl methyl sites for hydroxylation is 1. The van der Waals surface area contributed by atoms with Crippen LogP contribution in [0.1, 0.15) is 27.4 Å². The molecule has 5 nitrogen and oxygen atoms in total. The molecule has 3 aromatic heterocycles. The Labute approximate surface area is 172 Å². The van der Waals surface area contributed by atoms with Crippen molar-refractivity contribution in [3.8, 4) is 9.88 Å². The summed E-state index contributed by atoms with van der Waals surface area (Å²) < 4.78 is 44.1. The van der Waals surface area contributed by atoms with Gasteiger partial charge in [0.05, 0.1) is 17.0 Å². The van der Waals surface area contributed by atoms with Gasteiger partial charge in [0.1, 0.15) is 11.6 Å². The fourth-order valence-corrected chi connectivity index (χ4v) is 4.46. The van der Waals surface area contributed by atoms with Crippen molar-refractivity contribution >= 4 is 34.4 Å². The van der Waals surface area contributed by atoms with Gasteiger partial charge in [-0.2, -0.15) is 13.2 Å². The molecule has 0 aliphatic rings. The Morgan fingerprint density at radius 2 is 2.00 bits per heavy atom. The number of aromatic nitrogens is 2. The summed E-state index contributed by atoms with van der Waals surface area (Å²) in [5, 5.41) is 4.49. The number of thiophene rings is 1. The molecule has 29 heavy (non-hydrogen) atoms. The molecule has 0 bridgehead atoms. The van der Waals surface area contributed by atoms with Gasteiger partial charge in [0, 0.05) is 22.3 Å². The van der Waals surface area contributed by atoms with E-state index >= 15 is 0 Å². The minimum absolute atomic E-state index is 0.0811. The Kier molecular flexibility index (Phi) is 6.23. The van der Waals surface area contributed by atoms with Gasteiger partial charge in [0.2, 0.25) is 5.78 Å². The molecule has 3 rings (SSSR count). The van der Waals surface area contributed by atoms with E-state index in [1.807, 2.05) is 17.5 Å². The zero-order chi connectivity index (χ0) is 21.2. The number of ketones is 1. The van der Waals surface area contributed by atoms with Gasteiger partial charge in [0.25, 0.3) is 0 Å². The van der Waals surface area contributed by atoms with Gasteiger partial charge in [-0.05, 0) is 31.4 Å². The van der Waals surface area contributed by atoms with Crippen molar-refractivity contribution in [2.24, 2.45) is 0 Å². The third-order valence-corrected chi connectivity index (χ3v) is 6.12. The largest absolute Gasteiger partial charge is 0.457 e. The number of Topliss-reactive ketones (excluding diaryl/α,β-unsaturated/α-hetero) is 1. The first kappa shape index (κ1) is 21.3. The maximum absolute atomic E-state index is 12.7. The molecule has 0 aromatic carbocycles. The third-order valence-electron chi connectivity index (χ3n) is 4.18. The van der Waals surface area contributed by atoms with Crippen LogP contribution in [0.4, 0.5) is 13.2 Å². The maximum atomic E-state index is 12.7. The number of alkyl halides is 3. The molecule has 0 aliphatic carbocycles. The van der Waals surface area contributed by atoms with E-state index in [0.717, 1.165) is 14.5 Å². The molecule has 0 N–H and O–H groups in total. The highest BCUT2D eigenvalue weighted by atomic mass is 32.1. The summed E-state index contributed by atoms with van der Waals surface area (Å²) in [6.07, 6.45) is -4.47. The average Bonchev–Trinajstić information content (AvgIpc) is 3.36. The number of carbonyl (C=O) groups excluding carboxylic acids is 2. The minimum atomic E-state index is -4.39. The molecule has 10 heteroatoms. The van der Waals surface area contributed by atoms with Crippen LogP contribution in [0.25, 0.3) is 9.88 Å².